The Labute approximate surface area is 155 Å². The van der Waals surface area contributed by atoms with Crippen LogP contribution in [0.2, 0.25) is 0 Å². The maximum absolute atomic E-state index is 12.2. The minimum Gasteiger partial charge on any atom is -0.356 e. The molecule has 3 amide bonds. The van der Waals surface area contributed by atoms with Crippen molar-refractivity contribution in [3.8, 4) is 0 Å². The number of unbranched alkanes of at least 4 members (excludes halogenated alkanes) is 2. The average Bonchev–Trinajstić information content (AvgIpc) is 2.96. The largest absolute Gasteiger partial charge is 0.356 e. The van der Waals surface area contributed by atoms with Crippen molar-refractivity contribution in [2.24, 2.45) is 11.8 Å². The van der Waals surface area contributed by atoms with Gasteiger partial charge in [-0.1, -0.05) is 13.3 Å². The van der Waals surface area contributed by atoms with Crippen LogP contribution in [0.15, 0.2) is 12.2 Å². The number of carbonyl (C=O) groups excluding carboxylic acids is 4. The number of carbonyl (C=O) groups is 4. The van der Waals surface area contributed by atoms with Crippen LogP contribution in [0.5, 0.6) is 0 Å². The maximum atomic E-state index is 12.2. The van der Waals surface area contributed by atoms with Gasteiger partial charge in [-0.25, -0.2) is 0 Å². The van der Waals surface area contributed by atoms with Crippen LogP contribution in [0, 0.1) is 11.8 Å². The van der Waals surface area contributed by atoms with E-state index in [1.807, 2.05) is 6.92 Å². The van der Waals surface area contributed by atoms with Gasteiger partial charge in [-0.3, -0.25) is 24.1 Å². The fraction of sp³-hybridized carbons (Fsp3) is 0.700. The first-order chi connectivity index (χ1) is 12.5. The van der Waals surface area contributed by atoms with Crippen molar-refractivity contribution in [3.63, 3.8) is 0 Å². The van der Waals surface area contributed by atoms with Crippen LogP contribution in [0.1, 0.15) is 64.7 Å². The van der Waals surface area contributed by atoms with Crippen LogP contribution in [0.25, 0.3) is 0 Å². The molecule has 26 heavy (non-hydrogen) atoms. The van der Waals surface area contributed by atoms with E-state index in [1.54, 1.807) is 0 Å². The van der Waals surface area contributed by atoms with Crippen LogP contribution in [0.3, 0.4) is 0 Å². The normalized spacial score (nSPS) is 22.7. The number of hydrogen-bond donors (Lipinski definition) is 1. The Kier molecular flexibility index (Phi) is 8.01. The van der Waals surface area contributed by atoms with E-state index in [1.165, 1.54) is 17.1 Å². The molecule has 1 heterocycles. The molecule has 0 bridgehead atoms. The minimum absolute atomic E-state index is 0.0380. The molecule has 2 rings (SSSR count). The summed E-state index contributed by atoms with van der Waals surface area (Å²) >= 11 is 0. The lowest BCUT2D eigenvalue weighted by Crippen LogP contribution is -2.38. The van der Waals surface area contributed by atoms with Gasteiger partial charge in [-0.15, -0.1) is 0 Å². The van der Waals surface area contributed by atoms with E-state index < -0.39 is 0 Å². The van der Waals surface area contributed by atoms with Crippen molar-refractivity contribution in [1.82, 2.24) is 10.2 Å². The first kappa shape index (κ1) is 20.3. The molecule has 0 radical (unpaired) electrons. The monoisotopic (exact) mass is 362 g/mol. The number of imide groups is 1. The van der Waals surface area contributed by atoms with Crippen molar-refractivity contribution >= 4 is 23.5 Å². The molecule has 1 N–H and O–H groups in total. The van der Waals surface area contributed by atoms with Gasteiger partial charge in [-0.05, 0) is 44.4 Å². The lowest BCUT2D eigenvalue weighted by molar-refractivity contribution is -0.138. The molecule has 0 unspecified atom stereocenters. The van der Waals surface area contributed by atoms with Gasteiger partial charge in [-0.2, -0.15) is 0 Å². The predicted molar refractivity (Wildman–Crippen MR) is 98.1 cm³/mol. The van der Waals surface area contributed by atoms with Crippen LogP contribution < -0.4 is 5.32 Å². The summed E-state index contributed by atoms with van der Waals surface area (Å²) < 4.78 is 0. The molecule has 6 heteroatoms. The van der Waals surface area contributed by atoms with E-state index in [-0.39, 0.29) is 23.6 Å². The first-order valence-electron chi connectivity index (χ1n) is 9.84. The van der Waals surface area contributed by atoms with E-state index >= 15 is 0 Å². The van der Waals surface area contributed by atoms with Gasteiger partial charge in [0, 0.05) is 44.0 Å². The predicted octanol–water partition coefficient (Wildman–Crippen LogP) is 2.37. The van der Waals surface area contributed by atoms with Gasteiger partial charge in [0.2, 0.25) is 5.91 Å². The van der Waals surface area contributed by atoms with Crippen molar-refractivity contribution < 1.29 is 19.2 Å². The molecule has 0 spiro atoms. The summed E-state index contributed by atoms with van der Waals surface area (Å²) in [5, 5.41) is 3.00. The molecule has 1 fully saturated rings. The number of ketones is 1. The Morgan fingerprint density at radius 1 is 1.04 bits per heavy atom. The molecular weight excluding hydrogens is 332 g/mol. The van der Waals surface area contributed by atoms with Gasteiger partial charge in [0.05, 0.1) is 0 Å². The summed E-state index contributed by atoms with van der Waals surface area (Å²) in [6.45, 7) is 3.02. The standard InChI is InChI=1S/C20H30N2O4/c1-2-17(23)6-4-3-5-13-21-20(26)16-9-7-15(8-10-16)14-22-18(24)11-12-19(22)25/h11-12,15-16H,2-10,13-14H2,1H3,(H,21,26). The van der Waals surface area contributed by atoms with Crippen LogP contribution in [0.4, 0.5) is 0 Å². The zero-order valence-electron chi connectivity index (χ0n) is 15.7. The Bertz CT molecular complexity index is 544. The third-order valence-electron chi connectivity index (χ3n) is 5.38. The summed E-state index contributed by atoms with van der Waals surface area (Å²) in [4.78, 5) is 48.0. The summed E-state index contributed by atoms with van der Waals surface area (Å²) in [7, 11) is 0. The highest BCUT2D eigenvalue weighted by Crippen LogP contribution is 2.30. The van der Waals surface area contributed by atoms with Gasteiger partial charge < -0.3 is 5.32 Å². The number of hydrogen-bond acceptors (Lipinski definition) is 4. The Balaban J connectivity index is 1.57. The number of Topliss-reactive ketones (excluding diaryl/α,β-unsaturated/α-hetero) is 1. The van der Waals surface area contributed by atoms with Crippen molar-refractivity contribution in [2.45, 2.75) is 64.7 Å². The Morgan fingerprint density at radius 3 is 2.31 bits per heavy atom. The molecule has 6 nitrogen and oxygen atoms in total. The maximum Gasteiger partial charge on any atom is 0.253 e. The van der Waals surface area contributed by atoms with E-state index in [9.17, 15) is 19.2 Å². The molecule has 0 aromatic heterocycles. The zero-order chi connectivity index (χ0) is 18.9. The van der Waals surface area contributed by atoms with Crippen LogP contribution >= 0.6 is 0 Å². The van der Waals surface area contributed by atoms with E-state index in [4.69, 9.17) is 0 Å². The molecule has 1 aliphatic carbocycles. The SMILES string of the molecule is CCC(=O)CCCCCNC(=O)C1CCC(CN2C(=O)C=CC2=O)CC1. The fourth-order valence-corrected chi connectivity index (χ4v) is 3.63. The van der Waals surface area contributed by atoms with E-state index in [2.05, 4.69) is 5.32 Å². The lowest BCUT2D eigenvalue weighted by Gasteiger charge is -2.30. The van der Waals surface area contributed by atoms with Gasteiger partial charge in [0.25, 0.3) is 11.8 Å². The van der Waals surface area contributed by atoms with Gasteiger partial charge in [0.1, 0.15) is 5.78 Å². The van der Waals surface area contributed by atoms with E-state index in [0.29, 0.717) is 37.6 Å². The number of nitrogens with one attached hydrogen (secondary N) is 1. The smallest absolute Gasteiger partial charge is 0.253 e. The van der Waals surface area contributed by atoms with Gasteiger partial charge >= 0.3 is 0 Å². The second kappa shape index (κ2) is 10.2. The van der Waals surface area contributed by atoms with Crippen molar-refractivity contribution in [3.05, 3.63) is 12.2 Å². The quantitative estimate of drug-likeness (QED) is 0.478. The van der Waals surface area contributed by atoms with E-state index in [0.717, 1.165) is 44.9 Å². The minimum atomic E-state index is -0.226. The van der Waals surface area contributed by atoms with Crippen LogP contribution in [-0.4, -0.2) is 41.5 Å². The Hall–Kier alpha value is -1.98. The summed E-state index contributed by atoms with van der Waals surface area (Å²) in [6.07, 6.45) is 10.0. The highest BCUT2D eigenvalue weighted by Gasteiger charge is 2.31. The highest BCUT2D eigenvalue weighted by molar-refractivity contribution is 6.12. The average molecular weight is 362 g/mol. The molecule has 1 aliphatic heterocycles. The molecule has 0 aromatic carbocycles. The lowest BCUT2D eigenvalue weighted by atomic mass is 9.81. The zero-order valence-corrected chi connectivity index (χ0v) is 15.7. The number of rotatable bonds is 10. The summed E-state index contributed by atoms with van der Waals surface area (Å²) in [5.74, 6) is 0.298. The molecule has 2 aliphatic rings. The molecule has 0 aromatic rings. The van der Waals surface area contributed by atoms with Crippen LogP contribution in [-0.2, 0) is 19.2 Å². The molecule has 0 atom stereocenters. The highest BCUT2D eigenvalue weighted by atomic mass is 16.2. The molecule has 1 saturated carbocycles. The summed E-state index contributed by atoms with van der Waals surface area (Å²) in [5.41, 5.74) is 0. The third kappa shape index (κ3) is 6.07. The number of amides is 3. The Morgan fingerprint density at radius 2 is 1.69 bits per heavy atom. The number of nitrogens with zero attached hydrogens (tertiary/aromatic N) is 1. The van der Waals surface area contributed by atoms with Gasteiger partial charge in [0.15, 0.2) is 0 Å². The topological polar surface area (TPSA) is 83.6 Å². The molecule has 144 valence electrons. The second-order valence-electron chi connectivity index (χ2n) is 7.33. The first-order valence-corrected chi connectivity index (χ1v) is 9.84. The molecule has 0 saturated heterocycles. The molecular formula is C20H30N2O4. The van der Waals surface area contributed by atoms with Crippen molar-refractivity contribution in [2.75, 3.05) is 13.1 Å². The third-order valence-corrected chi connectivity index (χ3v) is 5.38. The summed E-state index contributed by atoms with van der Waals surface area (Å²) in [6, 6.07) is 0. The fourth-order valence-electron chi connectivity index (χ4n) is 3.63. The van der Waals surface area contributed by atoms with Crippen molar-refractivity contribution in [1.29, 1.82) is 0 Å². The second-order valence-corrected chi connectivity index (χ2v) is 7.33.